The van der Waals surface area contributed by atoms with Crippen molar-refractivity contribution in [2.45, 2.75) is 25.7 Å². The molecule has 1 saturated heterocycles. The normalized spacial score (nSPS) is 16.1. The van der Waals surface area contributed by atoms with Gasteiger partial charge in [0.05, 0.1) is 27.4 Å². The molecular weight excluding hydrogens is 358 g/mol. The number of allylic oxidation sites excluding steroid dienone is 1. The Kier molecular flexibility index (Phi) is 8.88. The maximum Gasteiger partial charge on any atom is 0.203 e. The molecule has 0 amide bonds. The summed E-state index contributed by atoms with van der Waals surface area (Å²) in [4.78, 5) is 14.2. The van der Waals surface area contributed by atoms with Gasteiger partial charge in [-0.3, -0.25) is 4.79 Å². The predicted molar refractivity (Wildman–Crippen MR) is 110 cm³/mol. The summed E-state index contributed by atoms with van der Waals surface area (Å²) in [5.74, 6) is 1.35. The van der Waals surface area contributed by atoms with Crippen LogP contribution in [0.3, 0.4) is 0 Å². The van der Waals surface area contributed by atoms with Gasteiger partial charge in [-0.05, 0) is 37.8 Å². The molecule has 0 spiro atoms. The lowest BCUT2D eigenvalue weighted by molar-refractivity contribution is 0.104. The third-order valence-electron chi connectivity index (χ3n) is 4.42. The van der Waals surface area contributed by atoms with Crippen LogP contribution < -0.4 is 14.2 Å². The topological polar surface area (TPSA) is 57.2 Å². The molecule has 1 aromatic carbocycles. The second kappa shape index (κ2) is 11.4. The van der Waals surface area contributed by atoms with Gasteiger partial charge >= 0.3 is 0 Å². The van der Waals surface area contributed by atoms with Crippen molar-refractivity contribution in [2.75, 3.05) is 48.1 Å². The lowest BCUT2D eigenvalue weighted by Crippen LogP contribution is -2.05. The molecule has 0 saturated carbocycles. The fraction of sp³-hybridized carbons (Fsp3) is 0.500. The highest BCUT2D eigenvalue weighted by Crippen LogP contribution is 2.39. The summed E-state index contributed by atoms with van der Waals surface area (Å²) in [5, 5.41) is 0. The largest absolute Gasteiger partial charge is 0.493 e. The van der Waals surface area contributed by atoms with Gasteiger partial charge in [0.25, 0.3) is 0 Å². The summed E-state index contributed by atoms with van der Waals surface area (Å²) < 4.78 is 22.3. The van der Waals surface area contributed by atoms with Crippen LogP contribution in [0.2, 0.25) is 0 Å². The number of hydrogen-bond donors (Lipinski definition) is 0. The standard InChI is InChI=1S/C22H31NO5/c1-23(2)11-9-19(24)18-15-20(25-3)22(21(16-18)26-4)28-13-6-8-17-7-5-12-27-14-10-17/h8-9,11,15-16H,5-7,10,12-14H2,1-4H3/b11-9+,17-8?. The Labute approximate surface area is 167 Å². The van der Waals surface area contributed by atoms with E-state index in [2.05, 4.69) is 6.08 Å². The first kappa shape index (κ1) is 21.8. The highest BCUT2D eigenvalue weighted by atomic mass is 16.5. The SMILES string of the molecule is COc1cc(C(=O)/C=C/N(C)C)cc(OC)c1OCCC=C1CCCOCC1. The second-order valence-corrected chi connectivity index (χ2v) is 6.82. The van der Waals surface area contributed by atoms with Gasteiger partial charge in [-0.25, -0.2) is 0 Å². The highest BCUT2D eigenvalue weighted by Gasteiger charge is 2.16. The molecule has 2 rings (SSSR count). The number of methoxy groups -OCH3 is 2. The number of ether oxygens (including phenoxy) is 4. The molecule has 1 aliphatic heterocycles. The van der Waals surface area contributed by atoms with Gasteiger partial charge in [-0.1, -0.05) is 11.6 Å². The first-order valence-corrected chi connectivity index (χ1v) is 9.58. The molecule has 0 N–H and O–H groups in total. The molecule has 1 aromatic rings. The highest BCUT2D eigenvalue weighted by molar-refractivity contribution is 6.05. The summed E-state index contributed by atoms with van der Waals surface area (Å²) >= 11 is 0. The first-order valence-electron chi connectivity index (χ1n) is 9.58. The smallest absolute Gasteiger partial charge is 0.203 e. The zero-order chi connectivity index (χ0) is 20.4. The van der Waals surface area contributed by atoms with Crippen molar-refractivity contribution >= 4 is 5.78 Å². The molecule has 1 fully saturated rings. The van der Waals surface area contributed by atoms with E-state index in [0.717, 1.165) is 38.9 Å². The molecule has 6 nitrogen and oxygen atoms in total. The van der Waals surface area contributed by atoms with E-state index >= 15 is 0 Å². The van der Waals surface area contributed by atoms with Crippen LogP contribution in [0.15, 0.2) is 36.1 Å². The van der Waals surface area contributed by atoms with Crippen LogP contribution >= 0.6 is 0 Å². The summed E-state index contributed by atoms with van der Waals surface area (Å²) in [7, 11) is 6.83. The molecule has 154 valence electrons. The van der Waals surface area contributed by atoms with Crippen molar-refractivity contribution in [2.24, 2.45) is 0 Å². The summed E-state index contributed by atoms with van der Waals surface area (Å²) in [6.45, 7) is 2.15. The van der Waals surface area contributed by atoms with E-state index in [1.54, 1.807) is 37.5 Å². The average molecular weight is 389 g/mol. The number of benzene rings is 1. The van der Waals surface area contributed by atoms with Crippen molar-refractivity contribution in [3.8, 4) is 17.2 Å². The van der Waals surface area contributed by atoms with Gasteiger partial charge in [0.1, 0.15) is 0 Å². The van der Waals surface area contributed by atoms with E-state index in [1.807, 2.05) is 14.1 Å². The van der Waals surface area contributed by atoms with Crippen LogP contribution in [0, 0.1) is 0 Å². The minimum Gasteiger partial charge on any atom is -0.493 e. The van der Waals surface area contributed by atoms with E-state index in [1.165, 1.54) is 11.6 Å². The number of carbonyl (C=O) groups is 1. The third-order valence-corrected chi connectivity index (χ3v) is 4.42. The summed E-state index contributed by atoms with van der Waals surface area (Å²) in [6, 6.07) is 3.36. The van der Waals surface area contributed by atoms with E-state index < -0.39 is 0 Å². The van der Waals surface area contributed by atoms with Gasteiger partial charge in [0.2, 0.25) is 5.75 Å². The number of nitrogens with zero attached hydrogens (tertiary/aromatic N) is 1. The van der Waals surface area contributed by atoms with Gasteiger partial charge < -0.3 is 23.8 Å². The number of carbonyl (C=O) groups excluding carboxylic acids is 1. The molecule has 1 heterocycles. The Balaban J connectivity index is 2.08. The first-order chi connectivity index (χ1) is 13.5. The fourth-order valence-electron chi connectivity index (χ4n) is 2.94. The van der Waals surface area contributed by atoms with Crippen LogP contribution in [-0.4, -0.2) is 58.8 Å². The van der Waals surface area contributed by atoms with E-state index in [4.69, 9.17) is 18.9 Å². The molecule has 0 aliphatic carbocycles. The van der Waals surface area contributed by atoms with Crippen LogP contribution in [-0.2, 0) is 4.74 Å². The Hall–Kier alpha value is -2.47. The number of ketones is 1. The lowest BCUT2D eigenvalue weighted by Gasteiger charge is -2.15. The molecule has 6 heteroatoms. The Morgan fingerprint density at radius 2 is 1.86 bits per heavy atom. The lowest BCUT2D eigenvalue weighted by atomic mass is 10.1. The van der Waals surface area contributed by atoms with Crippen molar-refractivity contribution in [1.82, 2.24) is 4.90 Å². The molecule has 0 unspecified atom stereocenters. The molecule has 0 radical (unpaired) electrons. The van der Waals surface area contributed by atoms with Crippen LogP contribution in [0.1, 0.15) is 36.0 Å². The molecule has 0 atom stereocenters. The number of rotatable bonds is 9. The van der Waals surface area contributed by atoms with E-state index in [9.17, 15) is 4.79 Å². The van der Waals surface area contributed by atoms with Crippen LogP contribution in [0.4, 0.5) is 0 Å². The summed E-state index contributed by atoms with van der Waals surface area (Å²) in [6.07, 6.45) is 9.40. The molecule has 0 aromatic heterocycles. The minimum atomic E-state index is -0.128. The third kappa shape index (κ3) is 6.60. The van der Waals surface area contributed by atoms with Gasteiger partial charge in [0.15, 0.2) is 17.3 Å². The second-order valence-electron chi connectivity index (χ2n) is 6.82. The molecule has 0 bridgehead atoms. The monoisotopic (exact) mass is 389 g/mol. The maximum atomic E-state index is 12.4. The van der Waals surface area contributed by atoms with Gasteiger partial charge in [-0.2, -0.15) is 0 Å². The molecule has 1 aliphatic rings. The van der Waals surface area contributed by atoms with E-state index in [-0.39, 0.29) is 5.78 Å². The number of hydrogen-bond acceptors (Lipinski definition) is 6. The van der Waals surface area contributed by atoms with Crippen molar-refractivity contribution in [3.05, 3.63) is 41.6 Å². The van der Waals surface area contributed by atoms with Crippen molar-refractivity contribution < 1.29 is 23.7 Å². The molecular formula is C22H31NO5. The fourth-order valence-corrected chi connectivity index (χ4v) is 2.94. The summed E-state index contributed by atoms with van der Waals surface area (Å²) in [5.41, 5.74) is 1.91. The average Bonchev–Trinajstić information content (AvgIpc) is 2.97. The minimum absolute atomic E-state index is 0.128. The maximum absolute atomic E-state index is 12.4. The Morgan fingerprint density at radius 1 is 1.14 bits per heavy atom. The Morgan fingerprint density at radius 3 is 2.50 bits per heavy atom. The zero-order valence-electron chi connectivity index (χ0n) is 17.3. The van der Waals surface area contributed by atoms with Crippen LogP contribution in [0.5, 0.6) is 17.2 Å². The van der Waals surface area contributed by atoms with Gasteiger partial charge in [0, 0.05) is 38.5 Å². The van der Waals surface area contributed by atoms with Crippen molar-refractivity contribution in [1.29, 1.82) is 0 Å². The van der Waals surface area contributed by atoms with Crippen molar-refractivity contribution in [3.63, 3.8) is 0 Å². The molecule has 28 heavy (non-hydrogen) atoms. The van der Waals surface area contributed by atoms with E-state index in [0.29, 0.717) is 29.4 Å². The van der Waals surface area contributed by atoms with Crippen LogP contribution in [0.25, 0.3) is 0 Å². The zero-order valence-corrected chi connectivity index (χ0v) is 17.3. The Bertz CT molecular complexity index is 674. The predicted octanol–water partition coefficient (Wildman–Crippen LogP) is 3.86. The van der Waals surface area contributed by atoms with Gasteiger partial charge in [-0.15, -0.1) is 0 Å². The quantitative estimate of drug-likeness (QED) is 0.277.